The summed E-state index contributed by atoms with van der Waals surface area (Å²) in [5.41, 5.74) is 3.34. The zero-order valence-corrected chi connectivity index (χ0v) is 18.6. The number of aryl methyl sites for hydroxylation is 1. The van der Waals surface area contributed by atoms with E-state index in [0.29, 0.717) is 23.8 Å². The molecule has 1 aliphatic rings. The number of benzene rings is 2. The first-order chi connectivity index (χ1) is 15.0. The standard InChI is InChI=1S/C24H27N3O3S/c1-16-6-3-7-17-12-18(23(28)26-22(16)17)14-27(15-21-10-5-11-30-21)24(31)25-19-8-4-9-20(13-19)29-2/h3-4,6-9,12-13,21H,5,10-11,14-15H2,1-2H3,(H,25,31)(H,26,28). The van der Waals surface area contributed by atoms with Crippen LogP contribution >= 0.6 is 12.2 Å². The van der Waals surface area contributed by atoms with Crippen molar-refractivity contribution in [2.24, 2.45) is 0 Å². The Morgan fingerprint density at radius 2 is 2.13 bits per heavy atom. The molecule has 162 valence electrons. The van der Waals surface area contributed by atoms with Crippen LogP contribution in [0.15, 0.2) is 53.3 Å². The number of ether oxygens (including phenoxy) is 2. The summed E-state index contributed by atoms with van der Waals surface area (Å²) in [6, 6.07) is 15.6. The van der Waals surface area contributed by atoms with Crippen molar-refractivity contribution >= 4 is 33.9 Å². The molecule has 31 heavy (non-hydrogen) atoms. The first kappa shape index (κ1) is 21.3. The average molecular weight is 438 g/mol. The number of rotatable bonds is 6. The fraction of sp³-hybridized carbons (Fsp3) is 0.333. The highest BCUT2D eigenvalue weighted by molar-refractivity contribution is 7.80. The van der Waals surface area contributed by atoms with E-state index in [4.69, 9.17) is 21.7 Å². The number of pyridine rings is 1. The lowest BCUT2D eigenvalue weighted by molar-refractivity contribution is 0.0904. The van der Waals surface area contributed by atoms with Crippen LogP contribution < -0.4 is 15.6 Å². The summed E-state index contributed by atoms with van der Waals surface area (Å²) < 4.78 is 11.1. The quantitative estimate of drug-likeness (QED) is 0.563. The maximum atomic E-state index is 12.8. The highest BCUT2D eigenvalue weighted by atomic mass is 32.1. The van der Waals surface area contributed by atoms with Gasteiger partial charge in [-0.3, -0.25) is 4.79 Å². The largest absolute Gasteiger partial charge is 0.497 e. The highest BCUT2D eigenvalue weighted by Gasteiger charge is 2.22. The van der Waals surface area contributed by atoms with Crippen LogP contribution in [0.4, 0.5) is 5.69 Å². The molecule has 0 spiro atoms. The van der Waals surface area contributed by atoms with E-state index >= 15 is 0 Å². The average Bonchev–Trinajstić information content (AvgIpc) is 3.28. The number of H-pyrrole nitrogens is 1. The molecular formula is C24H27N3O3S. The number of aromatic nitrogens is 1. The number of methoxy groups -OCH3 is 1. The van der Waals surface area contributed by atoms with Crippen molar-refractivity contribution in [1.29, 1.82) is 0 Å². The molecule has 1 atom stereocenters. The van der Waals surface area contributed by atoms with Crippen LogP contribution in [0.5, 0.6) is 5.75 Å². The molecular weight excluding hydrogens is 410 g/mol. The second-order valence-corrected chi connectivity index (χ2v) is 8.23. The topological polar surface area (TPSA) is 66.6 Å². The van der Waals surface area contributed by atoms with Gasteiger partial charge in [-0.15, -0.1) is 0 Å². The Hall–Kier alpha value is -2.90. The lowest BCUT2D eigenvalue weighted by atomic mass is 10.1. The summed E-state index contributed by atoms with van der Waals surface area (Å²) in [5, 5.41) is 4.85. The Labute approximate surface area is 187 Å². The van der Waals surface area contributed by atoms with E-state index in [1.807, 2.05) is 60.4 Å². The number of aromatic amines is 1. The second kappa shape index (κ2) is 9.49. The third-order valence-electron chi connectivity index (χ3n) is 5.58. The van der Waals surface area contributed by atoms with Gasteiger partial charge < -0.3 is 24.7 Å². The summed E-state index contributed by atoms with van der Waals surface area (Å²) in [7, 11) is 1.63. The van der Waals surface area contributed by atoms with Crippen LogP contribution in [0.1, 0.15) is 24.0 Å². The van der Waals surface area contributed by atoms with Gasteiger partial charge in [0.2, 0.25) is 0 Å². The van der Waals surface area contributed by atoms with Crippen LogP contribution in [-0.4, -0.2) is 41.4 Å². The van der Waals surface area contributed by atoms with Gasteiger partial charge in [0.15, 0.2) is 5.11 Å². The number of hydrogen-bond acceptors (Lipinski definition) is 4. The Kier molecular flexibility index (Phi) is 6.53. The number of anilines is 1. The second-order valence-electron chi connectivity index (χ2n) is 7.84. The summed E-state index contributed by atoms with van der Waals surface area (Å²) in [4.78, 5) is 17.9. The minimum Gasteiger partial charge on any atom is -0.497 e. The Morgan fingerprint density at radius 3 is 2.90 bits per heavy atom. The maximum Gasteiger partial charge on any atom is 0.253 e. The SMILES string of the molecule is COc1cccc(NC(=S)N(Cc2cc3cccc(C)c3[nH]c2=O)CC2CCCO2)c1. The first-order valence-corrected chi connectivity index (χ1v) is 10.9. The Bertz CT molecular complexity index is 1140. The molecule has 4 rings (SSSR count). The lowest BCUT2D eigenvalue weighted by Gasteiger charge is -2.28. The zero-order chi connectivity index (χ0) is 21.8. The van der Waals surface area contributed by atoms with E-state index in [9.17, 15) is 4.79 Å². The van der Waals surface area contributed by atoms with Crippen molar-refractivity contribution < 1.29 is 9.47 Å². The maximum absolute atomic E-state index is 12.8. The monoisotopic (exact) mass is 437 g/mol. The molecule has 2 N–H and O–H groups in total. The van der Waals surface area contributed by atoms with Crippen molar-refractivity contribution in [3.05, 3.63) is 70.0 Å². The third-order valence-corrected chi connectivity index (χ3v) is 5.94. The van der Waals surface area contributed by atoms with E-state index in [1.54, 1.807) is 7.11 Å². The Morgan fingerprint density at radius 1 is 1.29 bits per heavy atom. The molecule has 7 heteroatoms. The normalized spacial score (nSPS) is 15.7. The Balaban J connectivity index is 1.60. The van der Waals surface area contributed by atoms with E-state index < -0.39 is 0 Å². The minimum atomic E-state index is -0.0941. The minimum absolute atomic E-state index is 0.0941. The number of nitrogens with zero attached hydrogens (tertiary/aromatic N) is 1. The predicted molar refractivity (Wildman–Crippen MR) is 128 cm³/mol. The molecule has 1 fully saturated rings. The van der Waals surface area contributed by atoms with E-state index in [1.165, 1.54) is 0 Å². The van der Waals surface area contributed by atoms with E-state index in [-0.39, 0.29) is 11.7 Å². The van der Waals surface area contributed by atoms with Gasteiger partial charge in [0.25, 0.3) is 5.56 Å². The fourth-order valence-corrected chi connectivity index (χ4v) is 4.17. The summed E-state index contributed by atoms with van der Waals surface area (Å²) >= 11 is 5.74. The molecule has 0 radical (unpaired) electrons. The number of nitrogens with one attached hydrogen (secondary N) is 2. The lowest BCUT2D eigenvalue weighted by Crippen LogP contribution is -2.40. The number of fused-ring (bicyclic) bond motifs is 1. The molecule has 0 amide bonds. The molecule has 3 aromatic rings. The fourth-order valence-electron chi connectivity index (χ4n) is 3.91. The third kappa shape index (κ3) is 5.06. The molecule has 6 nitrogen and oxygen atoms in total. The van der Waals surface area contributed by atoms with Crippen LogP contribution in [0.3, 0.4) is 0 Å². The van der Waals surface area contributed by atoms with Gasteiger partial charge >= 0.3 is 0 Å². The van der Waals surface area contributed by atoms with Crippen LogP contribution in [0.25, 0.3) is 10.9 Å². The molecule has 0 bridgehead atoms. The van der Waals surface area contributed by atoms with Crippen molar-refractivity contribution in [2.45, 2.75) is 32.4 Å². The van der Waals surface area contributed by atoms with Crippen molar-refractivity contribution in [3.63, 3.8) is 0 Å². The first-order valence-electron chi connectivity index (χ1n) is 10.5. The molecule has 1 aromatic heterocycles. The molecule has 0 saturated carbocycles. The van der Waals surface area contributed by atoms with Gasteiger partial charge in [-0.05, 0) is 61.1 Å². The van der Waals surface area contributed by atoms with Crippen molar-refractivity contribution in [2.75, 3.05) is 25.6 Å². The van der Waals surface area contributed by atoms with Gasteiger partial charge in [-0.1, -0.05) is 24.3 Å². The summed E-state index contributed by atoms with van der Waals surface area (Å²) in [5.74, 6) is 0.750. The van der Waals surface area contributed by atoms with Crippen LogP contribution in [0.2, 0.25) is 0 Å². The van der Waals surface area contributed by atoms with E-state index in [0.717, 1.165) is 47.4 Å². The van der Waals surface area contributed by atoms with Gasteiger partial charge in [0.1, 0.15) is 5.75 Å². The molecule has 1 aliphatic heterocycles. The smallest absolute Gasteiger partial charge is 0.253 e. The molecule has 1 saturated heterocycles. The van der Waals surface area contributed by atoms with Crippen LogP contribution in [0, 0.1) is 6.92 Å². The van der Waals surface area contributed by atoms with E-state index in [2.05, 4.69) is 10.3 Å². The summed E-state index contributed by atoms with van der Waals surface area (Å²) in [6.07, 6.45) is 2.14. The van der Waals surface area contributed by atoms with Gasteiger partial charge in [0.05, 0.1) is 25.3 Å². The van der Waals surface area contributed by atoms with Crippen molar-refractivity contribution in [3.8, 4) is 5.75 Å². The molecule has 2 aromatic carbocycles. The predicted octanol–water partition coefficient (Wildman–Crippen LogP) is 4.22. The van der Waals surface area contributed by atoms with Crippen molar-refractivity contribution in [1.82, 2.24) is 9.88 Å². The molecule has 2 heterocycles. The highest BCUT2D eigenvalue weighted by Crippen LogP contribution is 2.20. The molecule has 0 aliphatic carbocycles. The number of hydrogen-bond donors (Lipinski definition) is 2. The van der Waals surface area contributed by atoms with Gasteiger partial charge in [-0.25, -0.2) is 0 Å². The van der Waals surface area contributed by atoms with Crippen LogP contribution in [-0.2, 0) is 11.3 Å². The van der Waals surface area contributed by atoms with Gasteiger partial charge in [0, 0.05) is 30.5 Å². The summed E-state index contributed by atoms with van der Waals surface area (Å²) in [6.45, 7) is 3.79. The zero-order valence-electron chi connectivity index (χ0n) is 17.8. The number of thiocarbonyl (C=S) groups is 1. The number of para-hydroxylation sites is 1. The van der Waals surface area contributed by atoms with Gasteiger partial charge in [-0.2, -0.15) is 0 Å². The molecule has 1 unspecified atom stereocenters.